The number of rotatable bonds is 13. The molecule has 1 aliphatic rings. The van der Waals surface area contributed by atoms with Crippen LogP contribution < -0.4 is 20.1 Å². The lowest BCUT2D eigenvalue weighted by atomic mass is 10.2. The summed E-state index contributed by atoms with van der Waals surface area (Å²) in [4.78, 5) is 81.2. The number of benzene rings is 2. The van der Waals surface area contributed by atoms with Crippen LogP contribution in [0.25, 0.3) is 0 Å². The first-order valence-corrected chi connectivity index (χ1v) is 12.7. The van der Waals surface area contributed by atoms with Gasteiger partial charge >= 0.3 is 12.0 Å². The smallest absolute Gasteiger partial charge is 0.483 e. The highest BCUT2D eigenvalue weighted by Gasteiger charge is 2.25. The SMILES string of the molecule is O=C(CN1C(=O)C=CC1=O)NCC(=O)Nc1cc(COC(=O)Oc2ccc([N+](=O)[O-])cc2)ccc1OCc1ccc([N+](=O)[O-])o1. The zero-order valence-corrected chi connectivity index (χ0v) is 22.8. The molecule has 0 atom stereocenters. The van der Waals surface area contributed by atoms with Gasteiger partial charge in [0.2, 0.25) is 11.8 Å². The summed E-state index contributed by atoms with van der Waals surface area (Å²) in [6.07, 6.45) is 0.898. The van der Waals surface area contributed by atoms with Crippen LogP contribution in [0.2, 0.25) is 0 Å². The molecule has 2 heterocycles. The Hall–Kier alpha value is -6.59. The van der Waals surface area contributed by atoms with Crippen molar-refractivity contribution in [2.45, 2.75) is 13.2 Å². The van der Waals surface area contributed by atoms with Crippen molar-refractivity contribution >= 4 is 47.0 Å². The van der Waals surface area contributed by atoms with Crippen molar-refractivity contribution in [2.75, 3.05) is 18.4 Å². The third-order valence-electron chi connectivity index (χ3n) is 5.77. The summed E-state index contributed by atoms with van der Waals surface area (Å²) in [7, 11) is 0. The molecular formula is C27H21N5O13. The second-order valence-electron chi connectivity index (χ2n) is 8.93. The minimum atomic E-state index is -1.12. The molecule has 2 aromatic carbocycles. The van der Waals surface area contributed by atoms with Crippen molar-refractivity contribution in [1.29, 1.82) is 0 Å². The Bertz CT molecular complexity index is 1680. The van der Waals surface area contributed by atoms with Crippen LogP contribution in [0, 0.1) is 20.2 Å². The second kappa shape index (κ2) is 14.1. The van der Waals surface area contributed by atoms with E-state index in [2.05, 4.69) is 10.6 Å². The van der Waals surface area contributed by atoms with Crippen LogP contribution in [-0.2, 0) is 37.1 Å². The van der Waals surface area contributed by atoms with E-state index in [9.17, 15) is 44.2 Å². The van der Waals surface area contributed by atoms with Gasteiger partial charge in [0, 0.05) is 24.3 Å². The van der Waals surface area contributed by atoms with Gasteiger partial charge in [-0.15, -0.1) is 0 Å². The van der Waals surface area contributed by atoms with E-state index in [1.807, 2.05) is 0 Å². The van der Waals surface area contributed by atoms with Crippen LogP contribution in [0.1, 0.15) is 11.3 Å². The van der Waals surface area contributed by atoms with Crippen molar-refractivity contribution in [3.05, 3.63) is 98.3 Å². The van der Waals surface area contributed by atoms with Crippen molar-refractivity contribution in [1.82, 2.24) is 10.2 Å². The minimum Gasteiger partial charge on any atom is -0.483 e. The first-order chi connectivity index (χ1) is 21.5. The van der Waals surface area contributed by atoms with Gasteiger partial charge in [0.05, 0.1) is 23.2 Å². The van der Waals surface area contributed by atoms with Gasteiger partial charge < -0.3 is 29.3 Å². The molecule has 4 amide bonds. The molecule has 0 aliphatic carbocycles. The number of nitrogens with zero attached hydrogens (tertiary/aromatic N) is 3. The molecule has 0 saturated heterocycles. The summed E-state index contributed by atoms with van der Waals surface area (Å²) in [5.74, 6) is -3.18. The van der Waals surface area contributed by atoms with Gasteiger partial charge in [0.15, 0.2) is 0 Å². The molecule has 0 spiro atoms. The predicted molar refractivity (Wildman–Crippen MR) is 148 cm³/mol. The van der Waals surface area contributed by atoms with E-state index in [0.29, 0.717) is 10.5 Å². The lowest BCUT2D eigenvalue weighted by Gasteiger charge is -2.15. The van der Waals surface area contributed by atoms with Gasteiger partial charge in [-0.3, -0.25) is 44.3 Å². The monoisotopic (exact) mass is 623 g/mol. The van der Waals surface area contributed by atoms with Crippen LogP contribution in [0.4, 0.5) is 22.1 Å². The first kappa shape index (κ1) is 31.3. The number of imide groups is 1. The van der Waals surface area contributed by atoms with Gasteiger partial charge in [-0.25, -0.2) is 4.79 Å². The molecule has 0 saturated carbocycles. The maximum Gasteiger partial charge on any atom is 0.514 e. The third kappa shape index (κ3) is 8.70. The normalized spacial score (nSPS) is 12.0. The zero-order valence-electron chi connectivity index (χ0n) is 22.8. The van der Waals surface area contributed by atoms with Gasteiger partial charge in [-0.1, -0.05) is 6.07 Å². The molecule has 4 rings (SSSR count). The molecule has 45 heavy (non-hydrogen) atoms. The number of nitro groups is 2. The van der Waals surface area contributed by atoms with E-state index in [1.54, 1.807) is 0 Å². The molecule has 3 aromatic rings. The molecule has 0 bridgehead atoms. The quantitative estimate of drug-likeness (QED) is 0.0915. The highest BCUT2D eigenvalue weighted by atomic mass is 16.7. The van der Waals surface area contributed by atoms with E-state index in [-0.39, 0.29) is 41.8 Å². The Kier molecular flexibility index (Phi) is 9.79. The highest BCUT2D eigenvalue weighted by molar-refractivity contribution is 6.14. The number of carbonyl (C=O) groups excluding carboxylic acids is 5. The fraction of sp³-hybridized carbons (Fsp3) is 0.148. The van der Waals surface area contributed by atoms with Crippen LogP contribution in [0.3, 0.4) is 0 Å². The second-order valence-corrected chi connectivity index (χ2v) is 8.93. The molecular weight excluding hydrogens is 602 g/mol. The van der Waals surface area contributed by atoms with E-state index < -0.39 is 58.6 Å². The topological polar surface area (TPSA) is 240 Å². The first-order valence-electron chi connectivity index (χ1n) is 12.7. The van der Waals surface area contributed by atoms with Gasteiger partial charge in [-0.05, 0) is 35.9 Å². The number of anilines is 1. The van der Waals surface area contributed by atoms with E-state index in [1.165, 1.54) is 36.4 Å². The number of amides is 4. The summed E-state index contributed by atoms with van der Waals surface area (Å²) in [5.41, 5.74) is 0.190. The predicted octanol–water partition coefficient (Wildman–Crippen LogP) is 2.37. The van der Waals surface area contributed by atoms with Gasteiger partial charge in [0.1, 0.15) is 41.9 Å². The average molecular weight is 623 g/mol. The largest absolute Gasteiger partial charge is 0.514 e. The fourth-order valence-electron chi connectivity index (χ4n) is 3.65. The third-order valence-corrected chi connectivity index (χ3v) is 5.77. The number of furan rings is 1. The number of hydrogen-bond acceptors (Lipinski definition) is 13. The Morgan fingerprint density at radius 3 is 2.22 bits per heavy atom. The number of nitro benzene ring substituents is 1. The Balaban J connectivity index is 1.39. The molecule has 2 N–H and O–H groups in total. The lowest BCUT2D eigenvalue weighted by Crippen LogP contribution is -2.42. The van der Waals surface area contributed by atoms with Gasteiger partial charge in [0.25, 0.3) is 17.5 Å². The summed E-state index contributed by atoms with van der Waals surface area (Å²) in [6, 6.07) is 11.4. The van der Waals surface area contributed by atoms with Crippen molar-refractivity contribution in [2.24, 2.45) is 0 Å². The number of non-ortho nitro benzene ring substituents is 1. The molecule has 18 heteroatoms. The van der Waals surface area contributed by atoms with Crippen LogP contribution in [0.15, 0.2) is 71.2 Å². The van der Waals surface area contributed by atoms with Gasteiger partial charge in [-0.2, -0.15) is 0 Å². The van der Waals surface area contributed by atoms with Crippen molar-refractivity contribution in [3.8, 4) is 11.5 Å². The fourth-order valence-corrected chi connectivity index (χ4v) is 3.65. The summed E-state index contributed by atoms with van der Waals surface area (Å²) < 4.78 is 20.8. The molecule has 18 nitrogen and oxygen atoms in total. The van der Waals surface area contributed by atoms with Crippen molar-refractivity contribution < 1.29 is 52.4 Å². The average Bonchev–Trinajstić information content (AvgIpc) is 3.61. The van der Waals surface area contributed by atoms with E-state index in [0.717, 1.165) is 30.4 Å². The summed E-state index contributed by atoms with van der Waals surface area (Å²) in [6.45, 7) is -1.77. The highest BCUT2D eigenvalue weighted by Crippen LogP contribution is 2.28. The molecule has 1 aromatic heterocycles. The van der Waals surface area contributed by atoms with Crippen LogP contribution in [0.5, 0.6) is 11.5 Å². The number of ether oxygens (including phenoxy) is 3. The standard InChI is InChI=1S/C27H21N5O13/c33-22(12-28-23(34)13-30-24(35)8-9-25(30)36)29-20-11-16(1-7-21(20)42-15-19-6-10-26(44-19)32(40)41)14-43-27(37)45-18-4-2-17(3-5-18)31(38)39/h1-11H,12-15H2,(H,28,34)(H,29,33). The molecule has 0 radical (unpaired) electrons. The molecule has 0 fully saturated rings. The van der Waals surface area contributed by atoms with Crippen LogP contribution in [-0.4, -0.2) is 57.6 Å². The zero-order chi connectivity index (χ0) is 32.5. The van der Waals surface area contributed by atoms with Crippen molar-refractivity contribution in [3.63, 3.8) is 0 Å². The summed E-state index contributed by atoms with van der Waals surface area (Å²) in [5, 5.41) is 26.4. The molecule has 1 aliphatic heterocycles. The number of nitrogens with one attached hydrogen (secondary N) is 2. The summed E-state index contributed by atoms with van der Waals surface area (Å²) >= 11 is 0. The number of hydrogen-bond donors (Lipinski definition) is 2. The minimum absolute atomic E-state index is 0.00256. The molecule has 232 valence electrons. The van der Waals surface area contributed by atoms with Crippen LogP contribution >= 0.6 is 0 Å². The molecule has 0 unspecified atom stereocenters. The Labute approximate surface area is 251 Å². The maximum absolute atomic E-state index is 12.7. The van der Waals surface area contributed by atoms with E-state index >= 15 is 0 Å². The Morgan fingerprint density at radius 2 is 1.58 bits per heavy atom. The lowest BCUT2D eigenvalue weighted by molar-refractivity contribution is -0.402. The maximum atomic E-state index is 12.7. The Morgan fingerprint density at radius 1 is 0.867 bits per heavy atom. The number of carbonyl (C=O) groups is 5. The van der Waals surface area contributed by atoms with E-state index in [4.69, 9.17) is 18.6 Å².